The van der Waals surface area contributed by atoms with Crippen LogP contribution in [0.3, 0.4) is 0 Å². The average molecular weight is 200 g/mol. The Labute approximate surface area is 81.6 Å². The van der Waals surface area contributed by atoms with E-state index < -0.39 is 0 Å². The number of hydrogen-bond acceptors (Lipinski definition) is 5. The van der Waals surface area contributed by atoms with E-state index in [-0.39, 0.29) is 24.6 Å². The molecule has 1 rings (SSSR count). The number of ether oxygens (including phenoxy) is 3. The van der Waals surface area contributed by atoms with Gasteiger partial charge in [0.2, 0.25) is 0 Å². The van der Waals surface area contributed by atoms with Gasteiger partial charge in [0.25, 0.3) is 0 Å². The quantitative estimate of drug-likeness (QED) is 0.629. The van der Waals surface area contributed by atoms with Gasteiger partial charge in [-0.1, -0.05) is 0 Å². The second-order valence-electron chi connectivity index (χ2n) is 2.94. The van der Waals surface area contributed by atoms with Gasteiger partial charge in [-0.25, -0.2) is 0 Å². The van der Waals surface area contributed by atoms with E-state index in [1.54, 1.807) is 0 Å². The van der Waals surface area contributed by atoms with Crippen molar-refractivity contribution in [3.63, 3.8) is 0 Å². The normalized spacial score (nSPS) is 19.6. The van der Waals surface area contributed by atoms with Crippen molar-refractivity contribution in [3.05, 3.63) is 12.0 Å². The maximum absolute atomic E-state index is 10.6. The Kier molecular flexibility index (Phi) is 3.50. The Morgan fingerprint density at radius 1 is 1.50 bits per heavy atom. The van der Waals surface area contributed by atoms with Crippen molar-refractivity contribution >= 4 is 11.9 Å². The molecule has 0 aliphatic carbocycles. The summed E-state index contributed by atoms with van der Waals surface area (Å²) >= 11 is 0. The number of carbonyl (C=O) groups is 2. The number of esters is 2. The molecule has 1 aliphatic heterocycles. The molecule has 1 aliphatic rings. The van der Waals surface area contributed by atoms with Gasteiger partial charge in [-0.2, -0.15) is 0 Å². The highest BCUT2D eigenvalue weighted by atomic mass is 16.6. The van der Waals surface area contributed by atoms with Crippen molar-refractivity contribution in [3.8, 4) is 0 Å². The maximum Gasteiger partial charge on any atom is 0.307 e. The van der Waals surface area contributed by atoms with Gasteiger partial charge in [-0.3, -0.25) is 9.59 Å². The molecule has 0 unspecified atom stereocenters. The van der Waals surface area contributed by atoms with Crippen LogP contribution in [0, 0.1) is 0 Å². The molecule has 0 fully saturated rings. The van der Waals surface area contributed by atoms with Crippen LogP contribution in [0.5, 0.6) is 0 Å². The minimum atomic E-state index is -0.381. The lowest BCUT2D eigenvalue weighted by molar-refractivity contribution is -0.144. The summed E-state index contributed by atoms with van der Waals surface area (Å²) in [5.74, 6) is -0.267. The lowest BCUT2D eigenvalue weighted by Gasteiger charge is -2.09. The molecular weight excluding hydrogens is 188 g/mol. The Balaban J connectivity index is 2.24. The van der Waals surface area contributed by atoms with Gasteiger partial charge in [-0.15, -0.1) is 0 Å². The van der Waals surface area contributed by atoms with Crippen molar-refractivity contribution < 1.29 is 23.8 Å². The zero-order valence-corrected chi connectivity index (χ0v) is 8.11. The van der Waals surface area contributed by atoms with Gasteiger partial charge in [0.05, 0.1) is 0 Å². The van der Waals surface area contributed by atoms with E-state index >= 15 is 0 Å². The smallest absolute Gasteiger partial charge is 0.307 e. The van der Waals surface area contributed by atoms with Gasteiger partial charge in [0.1, 0.15) is 24.7 Å². The van der Waals surface area contributed by atoms with E-state index in [9.17, 15) is 9.59 Å². The average Bonchev–Trinajstić information content (AvgIpc) is 2.47. The largest absolute Gasteiger partial charge is 0.490 e. The highest BCUT2D eigenvalue weighted by Gasteiger charge is 2.21. The standard InChI is InChI=1S/C9H12O5/c1-6(10)12-4-8-3-9(5-13-8)14-7(2)11/h5,8H,3-4H2,1-2H3/t8-/m0/s1. The van der Waals surface area contributed by atoms with E-state index in [0.29, 0.717) is 12.2 Å². The van der Waals surface area contributed by atoms with Crippen LogP contribution < -0.4 is 0 Å². The molecule has 78 valence electrons. The van der Waals surface area contributed by atoms with Crippen LogP contribution in [0.25, 0.3) is 0 Å². The first kappa shape index (κ1) is 10.6. The molecule has 0 bridgehead atoms. The monoisotopic (exact) mass is 200 g/mol. The maximum atomic E-state index is 10.6. The molecule has 1 heterocycles. The van der Waals surface area contributed by atoms with Crippen LogP contribution in [0.1, 0.15) is 20.3 Å². The highest BCUT2D eigenvalue weighted by Crippen LogP contribution is 2.19. The lowest BCUT2D eigenvalue weighted by Crippen LogP contribution is -2.16. The summed E-state index contributed by atoms with van der Waals surface area (Å²) in [5.41, 5.74) is 0. The minimum absolute atomic E-state index is 0.177. The van der Waals surface area contributed by atoms with Crippen molar-refractivity contribution in [1.82, 2.24) is 0 Å². The summed E-state index contributed by atoms with van der Waals surface area (Å²) in [6.07, 6.45) is 1.58. The van der Waals surface area contributed by atoms with Gasteiger partial charge >= 0.3 is 11.9 Å². The third-order valence-corrected chi connectivity index (χ3v) is 1.57. The molecule has 0 aromatic rings. The van der Waals surface area contributed by atoms with Crippen LogP contribution in [0.4, 0.5) is 0 Å². The van der Waals surface area contributed by atoms with Gasteiger partial charge < -0.3 is 14.2 Å². The van der Waals surface area contributed by atoms with Gasteiger partial charge in [0, 0.05) is 20.3 Å². The van der Waals surface area contributed by atoms with Crippen LogP contribution in [0.15, 0.2) is 12.0 Å². The van der Waals surface area contributed by atoms with E-state index in [0.717, 1.165) is 0 Å². The number of carbonyl (C=O) groups excluding carboxylic acids is 2. The molecule has 5 heteroatoms. The van der Waals surface area contributed by atoms with Crippen molar-refractivity contribution in [2.75, 3.05) is 6.61 Å². The molecule has 0 aromatic carbocycles. The second kappa shape index (κ2) is 4.64. The predicted octanol–water partition coefficient (Wildman–Crippen LogP) is 0.743. The van der Waals surface area contributed by atoms with E-state index in [1.165, 1.54) is 20.1 Å². The fraction of sp³-hybridized carbons (Fsp3) is 0.556. The summed E-state index contributed by atoms with van der Waals surface area (Å²) in [7, 11) is 0. The first-order valence-corrected chi connectivity index (χ1v) is 4.24. The summed E-state index contributed by atoms with van der Waals surface area (Å²) in [5, 5.41) is 0. The van der Waals surface area contributed by atoms with E-state index in [1.807, 2.05) is 0 Å². The molecule has 5 nitrogen and oxygen atoms in total. The van der Waals surface area contributed by atoms with Crippen molar-refractivity contribution in [1.29, 1.82) is 0 Å². The molecule has 0 amide bonds. The third kappa shape index (κ3) is 3.47. The van der Waals surface area contributed by atoms with Crippen molar-refractivity contribution in [2.24, 2.45) is 0 Å². The molecule has 0 spiro atoms. The summed E-state index contributed by atoms with van der Waals surface area (Å²) in [4.78, 5) is 21.0. The lowest BCUT2D eigenvalue weighted by atomic mass is 10.3. The van der Waals surface area contributed by atoms with Crippen LogP contribution >= 0.6 is 0 Å². The molecule has 0 aromatic heterocycles. The molecule has 1 atom stereocenters. The van der Waals surface area contributed by atoms with E-state index in [2.05, 4.69) is 0 Å². The minimum Gasteiger partial charge on any atom is -0.490 e. The molecule has 0 N–H and O–H groups in total. The predicted molar refractivity (Wildman–Crippen MR) is 46.0 cm³/mol. The zero-order chi connectivity index (χ0) is 10.6. The van der Waals surface area contributed by atoms with E-state index in [4.69, 9.17) is 14.2 Å². The Morgan fingerprint density at radius 2 is 2.21 bits per heavy atom. The first-order valence-electron chi connectivity index (χ1n) is 4.24. The number of hydrogen-bond donors (Lipinski definition) is 0. The first-order chi connectivity index (χ1) is 6.58. The Morgan fingerprint density at radius 3 is 2.79 bits per heavy atom. The fourth-order valence-corrected chi connectivity index (χ4v) is 1.05. The van der Waals surface area contributed by atoms with Crippen LogP contribution in [-0.2, 0) is 23.8 Å². The summed E-state index contributed by atoms with van der Waals surface area (Å²) in [6.45, 7) is 2.83. The van der Waals surface area contributed by atoms with Crippen LogP contribution in [0.2, 0.25) is 0 Å². The molecular formula is C9H12O5. The number of rotatable bonds is 3. The van der Waals surface area contributed by atoms with Gasteiger partial charge in [-0.05, 0) is 0 Å². The Hall–Kier alpha value is -1.52. The highest BCUT2D eigenvalue weighted by molar-refractivity contribution is 5.67. The van der Waals surface area contributed by atoms with Crippen molar-refractivity contribution in [2.45, 2.75) is 26.4 Å². The molecule has 0 radical (unpaired) electrons. The zero-order valence-electron chi connectivity index (χ0n) is 8.11. The second-order valence-corrected chi connectivity index (χ2v) is 2.94. The third-order valence-electron chi connectivity index (χ3n) is 1.57. The summed E-state index contributed by atoms with van der Waals surface area (Å²) in [6, 6.07) is 0. The summed E-state index contributed by atoms with van der Waals surface area (Å²) < 4.78 is 14.6. The fourth-order valence-electron chi connectivity index (χ4n) is 1.05. The topological polar surface area (TPSA) is 61.8 Å². The molecule has 0 saturated heterocycles. The van der Waals surface area contributed by atoms with Gasteiger partial charge in [0.15, 0.2) is 0 Å². The molecule has 14 heavy (non-hydrogen) atoms. The SMILES string of the molecule is CC(=O)OC[C@@H]1CC(OC(C)=O)=CO1. The van der Waals surface area contributed by atoms with Crippen LogP contribution in [-0.4, -0.2) is 24.6 Å². The molecule has 0 saturated carbocycles. The Bertz CT molecular complexity index is 268.